The third-order valence-corrected chi connectivity index (χ3v) is 6.66. The Bertz CT molecular complexity index is 735. The van der Waals surface area contributed by atoms with E-state index in [4.69, 9.17) is 4.98 Å². The van der Waals surface area contributed by atoms with E-state index in [-0.39, 0.29) is 11.8 Å². The summed E-state index contributed by atoms with van der Waals surface area (Å²) in [7, 11) is 2.08. The summed E-state index contributed by atoms with van der Waals surface area (Å²) < 4.78 is 2.05. The Labute approximate surface area is 167 Å². The van der Waals surface area contributed by atoms with E-state index < -0.39 is 0 Å². The second-order valence-electron chi connectivity index (χ2n) is 8.49. The Hall–Kier alpha value is -1.89. The van der Waals surface area contributed by atoms with Gasteiger partial charge in [0.15, 0.2) is 5.82 Å². The molecular formula is C21H33N5O2. The van der Waals surface area contributed by atoms with Crippen molar-refractivity contribution in [1.82, 2.24) is 24.3 Å². The van der Waals surface area contributed by atoms with Gasteiger partial charge in [-0.2, -0.15) is 0 Å². The van der Waals surface area contributed by atoms with Crippen molar-refractivity contribution in [2.75, 3.05) is 39.8 Å². The maximum Gasteiger partial charge on any atom is 0.290 e. The van der Waals surface area contributed by atoms with Crippen molar-refractivity contribution in [2.24, 2.45) is 0 Å². The number of fused-ring (bicyclic) bond motifs is 1. The van der Waals surface area contributed by atoms with Gasteiger partial charge in [0.05, 0.1) is 5.69 Å². The standard InChI is InChI=1S/C21H33N5O2/c1-3-16-8-4-6-10-25(16)21(28)19-22-18(17-9-5-7-11-26(17)19)20(27)24-14-12-23(2)13-15-24/h16H,3-15H2,1-2H3. The maximum absolute atomic E-state index is 13.4. The van der Waals surface area contributed by atoms with E-state index >= 15 is 0 Å². The number of likely N-dealkylation sites (tertiary alicyclic amines) is 1. The highest BCUT2D eigenvalue weighted by Gasteiger charge is 2.34. The molecule has 7 nitrogen and oxygen atoms in total. The van der Waals surface area contributed by atoms with Gasteiger partial charge in [-0.25, -0.2) is 4.98 Å². The van der Waals surface area contributed by atoms with Gasteiger partial charge in [0.1, 0.15) is 5.69 Å². The first-order valence-electron chi connectivity index (χ1n) is 11.0. The molecule has 4 heterocycles. The molecule has 3 aliphatic heterocycles. The number of imidazole rings is 1. The molecule has 0 saturated carbocycles. The Morgan fingerprint density at radius 2 is 1.71 bits per heavy atom. The summed E-state index contributed by atoms with van der Waals surface area (Å²) in [5.41, 5.74) is 1.50. The van der Waals surface area contributed by atoms with Gasteiger partial charge in [-0.15, -0.1) is 0 Å². The fourth-order valence-electron chi connectivity index (χ4n) is 4.86. The molecule has 1 aromatic rings. The predicted molar refractivity (Wildman–Crippen MR) is 108 cm³/mol. The molecule has 1 unspecified atom stereocenters. The van der Waals surface area contributed by atoms with Crippen LogP contribution < -0.4 is 0 Å². The number of piperidine rings is 1. The number of hydrogen-bond acceptors (Lipinski definition) is 4. The molecule has 2 amide bonds. The van der Waals surface area contributed by atoms with Crippen LogP contribution in [0.1, 0.15) is 72.3 Å². The number of likely N-dealkylation sites (N-methyl/N-ethyl adjacent to an activating group) is 1. The highest BCUT2D eigenvalue weighted by molar-refractivity contribution is 5.97. The van der Waals surface area contributed by atoms with Crippen LogP contribution in [-0.4, -0.2) is 81.9 Å². The van der Waals surface area contributed by atoms with Crippen LogP contribution in [0, 0.1) is 0 Å². The van der Waals surface area contributed by atoms with Crippen molar-refractivity contribution in [3.8, 4) is 0 Å². The van der Waals surface area contributed by atoms with Crippen molar-refractivity contribution in [1.29, 1.82) is 0 Å². The maximum atomic E-state index is 13.4. The molecular weight excluding hydrogens is 354 g/mol. The fourth-order valence-corrected chi connectivity index (χ4v) is 4.86. The summed E-state index contributed by atoms with van der Waals surface area (Å²) in [5, 5.41) is 0. The molecule has 0 N–H and O–H groups in total. The first-order valence-corrected chi connectivity index (χ1v) is 11.0. The lowest BCUT2D eigenvalue weighted by molar-refractivity contribution is 0.0589. The van der Waals surface area contributed by atoms with Crippen LogP contribution in [0.3, 0.4) is 0 Å². The zero-order chi connectivity index (χ0) is 19.7. The SMILES string of the molecule is CCC1CCCCN1C(=O)c1nc(C(=O)N2CCN(C)CC2)c2n1CCCC2. The topological polar surface area (TPSA) is 61.7 Å². The van der Waals surface area contributed by atoms with E-state index in [0.717, 1.165) is 83.5 Å². The molecule has 154 valence electrons. The molecule has 0 aliphatic carbocycles. The summed E-state index contributed by atoms with van der Waals surface area (Å²) in [6.07, 6.45) is 7.24. The molecule has 0 bridgehead atoms. The van der Waals surface area contributed by atoms with E-state index in [0.29, 0.717) is 17.6 Å². The van der Waals surface area contributed by atoms with Gasteiger partial charge in [-0.05, 0) is 52.0 Å². The molecule has 0 radical (unpaired) electrons. The van der Waals surface area contributed by atoms with Crippen molar-refractivity contribution in [3.05, 3.63) is 17.2 Å². The number of aromatic nitrogens is 2. The average Bonchev–Trinajstić information content (AvgIpc) is 3.13. The van der Waals surface area contributed by atoms with E-state index in [2.05, 4.69) is 23.4 Å². The van der Waals surface area contributed by atoms with Gasteiger partial charge >= 0.3 is 0 Å². The van der Waals surface area contributed by atoms with Crippen LogP contribution in [0.25, 0.3) is 0 Å². The minimum atomic E-state index is 0.00323. The average molecular weight is 388 g/mol. The summed E-state index contributed by atoms with van der Waals surface area (Å²) in [5.74, 6) is 0.517. The second kappa shape index (κ2) is 8.23. The van der Waals surface area contributed by atoms with E-state index in [1.54, 1.807) is 0 Å². The van der Waals surface area contributed by atoms with Crippen LogP contribution in [0.2, 0.25) is 0 Å². The van der Waals surface area contributed by atoms with Gasteiger partial charge in [0.2, 0.25) is 0 Å². The Morgan fingerprint density at radius 3 is 2.46 bits per heavy atom. The number of amides is 2. The molecule has 28 heavy (non-hydrogen) atoms. The number of rotatable bonds is 3. The highest BCUT2D eigenvalue weighted by Crippen LogP contribution is 2.26. The minimum absolute atomic E-state index is 0.00323. The number of piperazine rings is 1. The molecule has 1 aromatic heterocycles. The highest BCUT2D eigenvalue weighted by atomic mass is 16.2. The van der Waals surface area contributed by atoms with Crippen LogP contribution >= 0.6 is 0 Å². The lowest BCUT2D eigenvalue weighted by Crippen LogP contribution is -2.47. The molecule has 1 atom stereocenters. The fraction of sp³-hybridized carbons (Fsp3) is 0.762. The van der Waals surface area contributed by atoms with E-state index in [1.165, 1.54) is 6.42 Å². The Kier molecular flexibility index (Phi) is 5.71. The Morgan fingerprint density at radius 1 is 0.964 bits per heavy atom. The van der Waals surface area contributed by atoms with Gasteiger partial charge in [-0.3, -0.25) is 9.59 Å². The van der Waals surface area contributed by atoms with Crippen molar-refractivity contribution < 1.29 is 9.59 Å². The number of carbonyl (C=O) groups is 2. The monoisotopic (exact) mass is 387 g/mol. The molecule has 7 heteroatoms. The summed E-state index contributed by atoms with van der Waals surface area (Å²) in [6.45, 7) is 6.99. The van der Waals surface area contributed by atoms with Crippen LogP contribution in [0.4, 0.5) is 0 Å². The van der Waals surface area contributed by atoms with Crippen molar-refractivity contribution >= 4 is 11.8 Å². The molecule has 4 rings (SSSR count). The summed E-state index contributed by atoms with van der Waals surface area (Å²) in [6, 6.07) is 0.301. The largest absolute Gasteiger partial charge is 0.335 e. The lowest BCUT2D eigenvalue weighted by atomic mass is 10.00. The normalized spacial score (nSPS) is 23.6. The summed E-state index contributed by atoms with van der Waals surface area (Å²) in [4.78, 5) is 37.5. The summed E-state index contributed by atoms with van der Waals surface area (Å²) >= 11 is 0. The second-order valence-corrected chi connectivity index (χ2v) is 8.49. The molecule has 0 spiro atoms. The van der Waals surface area contributed by atoms with Crippen LogP contribution in [-0.2, 0) is 13.0 Å². The number of nitrogens with zero attached hydrogens (tertiary/aromatic N) is 5. The zero-order valence-electron chi connectivity index (χ0n) is 17.3. The van der Waals surface area contributed by atoms with E-state index in [9.17, 15) is 9.59 Å². The molecule has 3 aliphatic rings. The third-order valence-electron chi connectivity index (χ3n) is 6.66. The van der Waals surface area contributed by atoms with Gasteiger partial charge in [0, 0.05) is 45.3 Å². The Balaban J connectivity index is 1.63. The van der Waals surface area contributed by atoms with Gasteiger partial charge in [-0.1, -0.05) is 6.92 Å². The van der Waals surface area contributed by atoms with Crippen molar-refractivity contribution in [2.45, 2.75) is 64.5 Å². The van der Waals surface area contributed by atoms with Crippen LogP contribution in [0.15, 0.2) is 0 Å². The zero-order valence-corrected chi connectivity index (χ0v) is 17.3. The molecule has 2 fully saturated rings. The quantitative estimate of drug-likeness (QED) is 0.796. The first kappa shape index (κ1) is 19.4. The number of hydrogen-bond donors (Lipinski definition) is 0. The van der Waals surface area contributed by atoms with Gasteiger partial charge in [0.25, 0.3) is 11.8 Å². The molecule has 2 saturated heterocycles. The third kappa shape index (κ3) is 3.56. The van der Waals surface area contributed by atoms with E-state index in [1.807, 2.05) is 9.80 Å². The number of carbonyl (C=O) groups excluding carboxylic acids is 2. The smallest absolute Gasteiger partial charge is 0.290 e. The van der Waals surface area contributed by atoms with Crippen molar-refractivity contribution in [3.63, 3.8) is 0 Å². The molecule has 0 aromatic carbocycles. The minimum Gasteiger partial charge on any atom is -0.335 e. The lowest BCUT2D eigenvalue weighted by Gasteiger charge is -2.35. The van der Waals surface area contributed by atoms with Gasteiger partial charge < -0.3 is 19.3 Å². The van der Waals surface area contributed by atoms with Crippen LogP contribution in [0.5, 0.6) is 0 Å². The first-order chi connectivity index (χ1) is 13.6. The predicted octanol–water partition coefficient (Wildman–Crippen LogP) is 2.01.